The fraction of sp³-hybridized carbons (Fsp3) is 1.00. The summed E-state index contributed by atoms with van der Waals surface area (Å²) < 4.78 is 18.5. The van der Waals surface area contributed by atoms with Crippen LogP contribution in [0.1, 0.15) is 75.2 Å². The predicted molar refractivity (Wildman–Crippen MR) is 131 cm³/mol. The molecule has 0 aromatic rings. The first-order valence-electron chi connectivity index (χ1n) is 13.1. The summed E-state index contributed by atoms with van der Waals surface area (Å²) in [5.41, 5.74) is 0.0523. The second kappa shape index (κ2) is 11.0. The van der Waals surface area contributed by atoms with Gasteiger partial charge in [0.1, 0.15) is 0 Å². The fourth-order valence-corrected chi connectivity index (χ4v) is 6.20. The molecule has 0 aromatic heterocycles. The molecule has 3 aliphatic rings. The SMILES string of the molecule is CC1OC(CC(C)N2CC(CC(C)N3CCOC[C@H]3C)OCC2(C)C)CN(C(C)C)C1C. The highest BCUT2D eigenvalue weighted by Crippen LogP contribution is 2.31. The smallest absolute Gasteiger partial charge is 0.0721 e. The molecular formula is C26H51N3O3. The van der Waals surface area contributed by atoms with Crippen LogP contribution in [0, 0.1) is 0 Å². The van der Waals surface area contributed by atoms with Crippen LogP contribution >= 0.6 is 0 Å². The first kappa shape index (κ1) is 26.4. The summed E-state index contributed by atoms with van der Waals surface area (Å²) in [5, 5.41) is 0. The molecule has 6 nitrogen and oxygen atoms in total. The van der Waals surface area contributed by atoms with E-state index in [-0.39, 0.29) is 17.7 Å². The summed E-state index contributed by atoms with van der Waals surface area (Å²) in [7, 11) is 0. The highest BCUT2D eigenvalue weighted by Gasteiger charge is 2.41. The molecule has 188 valence electrons. The van der Waals surface area contributed by atoms with Crippen molar-refractivity contribution in [2.45, 2.75) is 129 Å². The molecule has 32 heavy (non-hydrogen) atoms. The van der Waals surface area contributed by atoms with Gasteiger partial charge in [0.25, 0.3) is 0 Å². The minimum absolute atomic E-state index is 0.0523. The van der Waals surface area contributed by atoms with E-state index in [1.54, 1.807) is 0 Å². The van der Waals surface area contributed by atoms with Crippen LogP contribution in [-0.4, -0.2) is 108 Å². The molecule has 3 saturated heterocycles. The van der Waals surface area contributed by atoms with E-state index in [1.807, 2.05) is 0 Å². The van der Waals surface area contributed by atoms with Crippen molar-refractivity contribution >= 4 is 0 Å². The van der Waals surface area contributed by atoms with Gasteiger partial charge in [-0.25, -0.2) is 0 Å². The molecule has 0 aliphatic carbocycles. The van der Waals surface area contributed by atoms with Crippen molar-refractivity contribution in [2.24, 2.45) is 0 Å². The van der Waals surface area contributed by atoms with E-state index in [2.05, 4.69) is 77.0 Å². The minimum atomic E-state index is 0.0523. The van der Waals surface area contributed by atoms with Gasteiger partial charge in [-0.2, -0.15) is 0 Å². The Labute approximate surface area is 197 Å². The van der Waals surface area contributed by atoms with Gasteiger partial charge in [-0.15, -0.1) is 0 Å². The van der Waals surface area contributed by atoms with E-state index in [1.165, 1.54) is 0 Å². The maximum Gasteiger partial charge on any atom is 0.0721 e. The zero-order valence-corrected chi connectivity index (χ0v) is 22.3. The van der Waals surface area contributed by atoms with Crippen molar-refractivity contribution in [1.29, 1.82) is 0 Å². The lowest BCUT2D eigenvalue weighted by molar-refractivity contribution is -0.146. The molecule has 0 spiro atoms. The Morgan fingerprint density at radius 3 is 2.25 bits per heavy atom. The molecule has 0 aromatic carbocycles. The molecular weight excluding hydrogens is 402 g/mol. The van der Waals surface area contributed by atoms with Gasteiger partial charge in [-0.05, 0) is 75.2 Å². The first-order valence-corrected chi connectivity index (χ1v) is 13.1. The van der Waals surface area contributed by atoms with Gasteiger partial charge in [-0.1, -0.05) is 0 Å². The number of ether oxygens (including phenoxy) is 3. The van der Waals surface area contributed by atoms with Crippen molar-refractivity contribution in [3.8, 4) is 0 Å². The molecule has 0 N–H and O–H groups in total. The molecule has 6 heteroatoms. The number of hydrogen-bond acceptors (Lipinski definition) is 6. The Bertz CT molecular complexity index is 587. The monoisotopic (exact) mass is 453 g/mol. The predicted octanol–water partition coefficient (Wildman–Crippen LogP) is 3.63. The Balaban J connectivity index is 1.59. The summed E-state index contributed by atoms with van der Waals surface area (Å²) in [6.07, 6.45) is 3.02. The van der Waals surface area contributed by atoms with E-state index >= 15 is 0 Å². The molecule has 0 saturated carbocycles. The molecule has 0 radical (unpaired) electrons. The zero-order chi connectivity index (χ0) is 23.6. The molecule has 3 aliphatic heterocycles. The first-order chi connectivity index (χ1) is 15.0. The van der Waals surface area contributed by atoms with Crippen LogP contribution in [0.3, 0.4) is 0 Å². The molecule has 0 amide bonds. The van der Waals surface area contributed by atoms with Crippen LogP contribution in [0.4, 0.5) is 0 Å². The summed E-state index contributed by atoms with van der Waals surface area (Å²) in [5.74, 6) is 0. The van der Waals surface area contributed by atoms with E-state index in [4.69, 9.17) is 14.2 Å². The van der Waals surface area contributed by atoms with Gasteiger partial charge in [0, 0.05) is 55.4 Å². The normalized spacial score (nSPS) is 37.5. The second-order valence-corrected chi connectivity index (χ2v) is 11.7. The highest BCUT2D eigenvalue weighted by atomic mass is 16.5. The quantitative estimate of drug-likeness (QED) is 0.586. The van der Waals surface area contributed by atoms with Crippen LogP contribution in [-0.2, 0) is 14.2 Å². The Morgan fingerprint density at radius 1 is 0.906 bits per heavy atom. The minimum Gasteiger partial charge on any atom is -0.379 e. The Kier molecular flexibility index (Phi) is 9.07. The number of nitrogens with zero attached hydrogens (tertiary/aromatic N) is 3. The van der Waals surface area contributed by atoms with Gasteiger partial charge in [-0.3, -0.25) is 14.7 Å². The standard InChI is InChI=1S/C26H51N3O3/c1-18(2)28-14-25(32-23(7)22(28)6)13-20(4)29-15-24(31-17-26(29,8)9)12-19(3)27-10-11-30-16-21(27)5/h18-25H,10-17H2,1-9H3/t19?,20?,21-,22?,23?,24?,25?/m1/s1. The van der Waals surface area contributed by atoms with Crippen molar-refractivity contribution in [2.75, 3.05) is 39.5 Å². The number of morpholine rings is 3. The zero-order valence-electron chi connectivity index (χ0n) is 22.3. The maximum atomic E-state index is 6.47. The van der Waals surface area contributed by atoms with Crippen LogP contribution in [0.2, 0.25) is 0 Å². The molecule has 3 fully saturated rings. The lowest BCUT2D eigenvalue weighted by atomic mass is 9.93. The Hall–Kier alpha value is -0.240. The maximum absolute atomic E-state index is 6.47. The van der Waals surface area contributed by atoms with Crippen LogP contribution in [0.5, 0.6) is 0 Å². The number of rotatable bonds is 7. The van der Waals surface area contributed by atoms with Crippen molar-refractivity contribution in [1.82, 2.24) is 14.7 Å². The van der Waals surface area contributed by atoms with Crippen LogP contribution in [0.15, 0.2) is 0 Å². The fourth-order valence-electron chi connectivity index (χ4n) is 6.20. The van der Waals surface area contributed by atoms with Gasteiger partial charge < -0.3 is 14.2 Å². The highest BCUT2D eigenvalue weighted by molar-refractivity contribution is 4.94. The lowest BCUT2D eigenvalue weighted by Crippen LogP contribution is -2.61. The molecule has 0 bridgehead atoms. The lowest BCUT2D eigenvalue weighted by Gasteiger charge is -2.51. The van der Waals surface area contributed by atoms with E-state index < -0.39 is 0 Å². The van der Waals surface area contributed by atoms with Crippen molar-refractivity contribution in [3.05, 3.63) is 0 Å². The van der Waals surface area contributed by atoms with Gasteiger partial charge in [0.2, 0.25) is 0 Å². The average Bonchev–Trinajstić information content (AvgIpc) is 2.71. The van der Waals surface area contributed by atoms with Crippen molar-refractivity contribution < 1.29 is 14.2 Å². The second-order valence-electron chi connectivity index (χ2n) is 11.7. The summed E-state index contributed by atoms with van der Waals surface area (Å²) in [6.45, 7) is 26.4. The molecule has 6 unspecified atom stereocenters. The van der Waals surface area contributed by atoms with Gasteiger partial charge in [0.15, 0.2) is 0 Å². The topological polar surface area (TPSA) is 37.4 Å². The van der Waals surface area contributed by atoms with E-state index in [0.717, 1.165) is 52.3 Å². The largest absolute Gasteiger partial charge is 0.379 e. The summed E-state index contributed by atoms with van der Waals surface area (Å²) >= 11 is 0. The third-order valence-electron chi connectivity index (χ3n) is 8.26. The molecule has 7 atom stereocenters. The third-order valence-corrected chi connectivity index (χ3v) is 8.26. The van der Waals surface area contributed by atoms with E-state index in [0.29, 0.717) is 36.3 Å². The van der Waals surface area contributed by atoms with Gasteiger partial charge >= 0.3 is 0 Å². The van der Waals surface area contributed by atoms with Crippen LogP contribution in [0.25, 0.3) is 0 Å². The molecule has 3 rings (SSSR count). The van der Waals surface area contributed by atoms with Crippen LogP contribution < -0.4 is 0 Å². The Morgan fingerprint density at radius 2 is 1.59 bits per heavy atom. The number of hydrogen-bond donors (Lipinski definition) is 0. The van der Waals surface area contributed by atoms with Gasteiger partial charge in [0.05, 0.1) is 38.1 Å². The third kappa shape index (κ3) is 6.25. The summed E-state index contributed by atoms with van der Waals surface area (Å²) in [6, 6.07) is 2.51. The molecule has 3 heterocycles. The average molecular weight is 454 g/mol. The van der Waals surface area contributed by atoms with Crippen molar-refractivity contribution in [3.63, 3.8) is 0 Å². The summed E-state index contributed by atoms with van der Waals surface area (Å²) in [4.78, 5) is 7.91. The van der Waals surface area contributed by atoms with E-state index in [9.17, 15) is 0 Å².